The summed E-state index contributed by atoms with van der Waals surface area (Å²) in [7, 11) is 2.12. The van der Waals surface area contributed by atoms with Crippen LogP contribution in [0.3, 0.4) is 0 Å². The van der Waals surface area contributed by atoms with Gasteiger partial charge in [-0.1, -0.05) is 0 Å². The number of esters is 4. The summed E-state index contributed by atoms with van der Waals surface area (Å²) in [4.78, 5) is 56.9. The standard InChI is InChI=1S/C16H24N2O10/c1-5-25-15(21)11(27-17)9(13(19)23-3)7-8-10(14(20)24-4)12(28-18)16(22)26-6-2/h5-8,17-18H2,1-4H3/b11-9-,12-10-. The van der Waals surface area contributed by atoms with Gasteiger partial charge in [0.2, 0.25) is 11.5 Å². The number of methoxy groups -OCH3 is 2. The molecule has 0 amide bonds. The molecule has 0 aromatic carbocycles. The molecule has 4 N–H and O–H groups in total. The zero-order valence-electron chi connectivity index (χ0n) is 16.1. The molecule has 0 aliphatic carbocycles. The van der Waals surface area contributed by atoms with E-state index in [2.05, 4.69) is 19.1 Å². The highest BCUT2D eigenvalue weighted by atomic mass is 16.7. The summed E-state index contributed by atoms with van der Waals surface area (Å²) in [6.07, 6.45) is -0.677. The van der Waals surface area contributed by atoms with Gasteiger partial charge in [0.15, 0.2) is 0 Å². The Morgan fingerprint density at radius 1 is 0.643 bits per heavy atom. The van der Waals surface area contributed by atoms with Crippen molar-refractivity contribution in [2.75, 3.05) is 27.4 Å². The van der Waals surface area contributed by atoms with Crippen LogP contribution in [0.15, 0.2) is 22.7 Å². The van der Waals surface area contributed by atoms with E-state index in [-0.39, 0.29) is 37.2 Å². The second-order valence-corrected chi connectivity index (χ2v) is 4.78. The molecule has 0 radical (unpaired) electrons. The van der Waals surface area contributed by atoms with Crippen molar-refractivity contribution in [2.24, 2.45) is 11.8 Å². The first-order valence-corrected chi connectivity index (χ1v) is 8.03. The zero-order valence-corrected chi connectivity index (χ0v) is 16.1. The van der Waals surface area contributed by atoms with Crippen molar-refractivity contribution in [2.45, 2.75) is 26.7 Å². The minimum Gasteiger partial charge on any atom is -0.466 e. The lowest BCUT2D eigenvalue weighted by molar-refractivity contribution is -0.145. The van der Waals surface area contributed by atoms with Gasteiger partial charge in [0.25, 0.3) is 0 Å². The molecule has 0 unspecified atom stereocenters. The van der Waals surface area contributed by atoms with Crippen LogP contribution in [0.5, 0.6) is 0 Å². The Bertz CT molecular complexity index is 598. The van der Waals surface area contributed by atoms with Crippen molar-refractivity contribution in [1.82, 2.24) is 0 Å². The lowest BCUT2D eigenvalue weighted by Crippen LogP contribution is -2.22. The Kier molecular flexibility index (Phi) is 11.6. The molecule has 158 valence electrons. The van der Waals surface area contributed by atoms with Crippen molar-refractivity contribution in [1.29, 1.82) is 0 Å². The summed E-state index contributed by atoms with van der Waals surface area (Å²) < 4.78 is 18.7. The molecule has 0 aromatic heterocycles. The molecular formula is C16H24N2O10. The van der Waals surface area contributed by atoms with Crippen LogP contribution in [-0.2, 0) is 47.8 Å². The fourth-order valence-corrected chi connectivity index (χ4v) is 1.99. The highest BCUT2D eigenvalue weighted by Gasteiger charge is 2.29. The third kappa shape index (κ3) is 6.89. The first-order chi connectivity index (χ1) is 13.3. The zero-order chi connectivity index (χ0) is 21.7. The molecule has 0 atom stereocenters. The number of carbonyl (C=O) groups excluding carboxylic acids is 4. The molecule has 0 bridgehead atoms. The Morgan fingerprint density at radius 3 is 1.18 bits per heavy atom. The van der Waals surface area contributed by atoms with Gasteiger partial charge in [0, 0.05) is 0 Å². The van der Waals surface area contributed by atoms with Crippen molar-refractivity contribution in [3.05, 3.63) is 22.7 Å². The fraction of sp³-hybridized carbons (Fsp3) is 0.500. The average Bonchev–Trinajstić information content (AvgIpc) is 2.69. The van der Waals surface area contributed by atoms with Crippen LogP contribution in [0.2, 0.25) is 0 Å². The van der Waals surface area contributed by atoms with Crippen LogP contribution in [0.4, 0.5) is 0 Å². The predicted molar refractivity (Wildman–Crippen MR) is 91.1 cm³/mol. The summed E-state index contributed by atoms with van der Waals surface area (Å²) >= 11 is 0. The molecule has 28 heavy (non-hydrogen) atoms. The summed E-state index contributed by atoms with van der Waals surface area (Å²) in [5.74, 6) is 4.93. The molecule has 0 saturated carbocycles. The molecule has 0 aliphatic rings. The molecular weight excluding hydrogens is 380 g/mol. The number of nitrogens with two attached hydrogens (primary N) is 2. The SMILES string of the molecule is CCOC(=O)/C(ON)=C(\CC/C(C(=O)OC)=C(/ON)C(=O)OCC)C(=O)OC. The van der Waals surface area contributed by atoms with Crippen molar-refractivity contribution >= 4 is 23.9 Å². The van der Waals surface area contributed by atoms with Gasteiger partial charge in [-0.2, -0.15) is 11.8 Å². The lowest BCUT2D eigenvalue weighted by Gasteiger charge is -2.13. The average molecular weight is 404 g/mol. The molecule has 0 heterocycles. The third-order valence-electron chi connectivity index (χ3n) is 3.19. The Hall–Kier alpha value is -3.12. The second-order valence-electron chi connectivity index (χ2n) is 4.78. The fourth-order valence-electron chi connectivity index (χ4n) is 1.99. The topological polar surface area (TPSA) is 176 Å². The van der Waals surface area contributed by atoms with E-state index in [4.69, 9.17) is 21.3 Å². The van der Waals surface area contributed by atoms with Crippen LogP contribution in [0.25, 0.3) is 0 Å². The predicted octanol–water partition coefficient (Wildman–Crippen LogP) is -0.472. The van der Waals surface area contributed by atoms with E-state index < -0.39 is 35.4 Å². The van der Waals surface area contributed by atoms with E-state index >= 15 is 0 Å². The van der Waals surface area contributed by atoms with Crippen LogP contribution in [0.1, 0.15) is 26.7 Å². The van der Waals surface area contributed by atoms with E-state index in [0.717, 1.165) is 14.2 Å². The van der Waals surface area contributed by atoms with Gasteiger partial charge in [-0.25, -0.2) is 19.2 Å². The maximum Gasteiger partial charge on any atom is 0.376 e. The van der Waals surface area contributed by atoms with Gasteiger partial charge in [-0.05, 0) is 26.7 Å². The van der Waals surface area contributed by atoms with Crippen molar-refractivity contribution in [3.63, 3.8) is 0 Å². The lowest BCUT2D eigenvalue weighted by atomic mass is 10.0. The molecule has 0 aromatic rings. The number of rotatable bonds is 11. The minimum atomic E-state index is -1.02. The van der Waals surface area contributed by atoms with Crippen molar-refractivity contribution < 1.29 is 47.8 Å². The van der Waals surface area contributed by atoms with Crippen LogP contribution >= 0.6 is 0 Å². The van der Waals surface area contributed by atoms with Gasteiger partial charge in [-0.3, -0.25) is 0 Å². The molecule has 12 heteroatoms. The maximum atomic E-state index is 12.0. The number of carbonyl (C=O) groups is 4. The molecule has 0 rings (SSSR count). The third-order valence-corrected chi connectivity index (χ3v) is 3.19. The molecule has 0 saturated heterocycles. The van der Waals surface area contributed by atoms with E-state index in [1.165, 1.54) is 13.8 Å². The molecule has 0 spiro atoms. The van der Waals surface area contributed by atoms with Crippen LogP contribution < -0.4 is 11.8 Å². The van der Waals surface area contributed by atoms with Crippen LogP contribution in [0, 0.1) is 0 Å². The Balaban J connectivity index is 6.09. The smallest absolute Gasteiger partial charge is 0.376 e. The van der Waals surface area contributed by atoms with E-state index in [1.807, 2.05) is 0 Å². The van der Waals surface area contributed by atoms with Gasteiger partial charge >= 0.3 is 23.9 Å². The summed E-state index contributed by atoms with van der Waals surface area (Å²) in [5.41, 5.74) is -0.685. The highest BCUT2D eigenvalue weighted by molar-refractivity contribution is 6.00. The van der Waals surface area contributed by atoms with E-state index in [1.54, 1.807) is 0 Å². The number of ether oxygens (including phenoxy) is 4. The summed E-state index contributed by atoms with van der Waals surface area (Å²) in [5, 5.41) is 0. The quantitative estimate of drug-likeness (QED) is 0.149. The summed E-state index contributed by atoms with van der Waals surface area (Å²) in [6.45, 7) is 3.04. The number of hydrogen-bond acceptors (Lipinski definition) is 12. The Labute approximate surface area is 161 Å². The molecule has 12 nitrogen and oxygen atoms in total. The maximum absolute atomic E-state index is 12.0. The number of hydrogen-bond donors (Lipinski definition) is 2. The van der Waals surface area contributed by atoms with Gasteiger partial charge < -0.3 is 28.6 Å². The van der Waals surface area contributed by atoms with Gasteiger partial charge in [0.05, 0.1) is 38.6 Å². The first kappa shape index (κ1) is 24.9. The first-order valence-electron chi connectivity index (χ1n) is 8.03. The normalized spacial score (nSPS) is 12.1. The molecule has 0 aliphatic heterocycles. The van der Waals surface area contributed by atoms with Crippen molar-refractivity contribution in [3.8, 4) is 0 Å². The largest absolute Gasteiger partial charge is 0.466 e. The monoisotopic (exact) mass is 404 g/mol. The second kappa shape index (κ2) is 13.1. The molecule has 0 fully saturated rings. The van der Waals surface area contributed by atoms with Crippen LogP contribution in [-0.4, -0.2) is 51.3 Å². The summed E-state index contributed by atoms with van der Waals surface area (Å²) in [6, 6.07) is 0. The Morgan fingerprint density at radius 2 is 0.964 bits per heavy atom. The van der Waals surface area contributed by atoms with E-state index in [0.29, 0.717) is 0 Å². The minimum absolute atomic E-state index is 0.0124. The van der Waals surface area contributed by atoms with Gasteiger partial charge in [0.1, 0.15) is 0 Å². The highest BCUT2D eigenvalue weighted by Crippen LogP contribution is 2.22. The van der Waals surface area contributed by atoms with Gasteiger partial charge in [-0.15, -0.1) is 0 Å². The van der Waals surface area contributed by atoms with E-state index in [9.17, 15) is 19.2 Å².